The lowest BCUT2D eigenvalue weighted by Gasteiger charge is -2.34. The summed E-state index contributed by atoms with van der Waals surface area (Å²) in [5.74, 6) is 0.160. The van der Waals surface area contributed by atoms with E-state index < -0.39 is 17.5 Å². The highest BCUT2D eigenvalue weighted by molar-refractivity contribution is 5.97. The fraction of sp³-hybridized carbons (Fsp3) is 0.538. The Morgan fingerprint density at radius 1 is 1.30 bits per heavy atom. The second-order valence-corrected chi connectivity index (χ2v) is 9.96. The number of benzene rings is 1. The zero-order chi connectivity index (χ0) is 27.2. The SMILES string of the molecule is CCN(C(=O)c1cc(F)ccc1Oc1cncnc1N1CCOC(CNC(=O)OC(C)(C)C)C1)C(C)C. The van der Waals surface area contributed by atoms with Crippen LogP contribution in [0.2, 0.25) is 0 Å². The summed E-state index contributed by atoms with van der Waals surface area (Å²) in [6, 6.07) is 3.79. The molecule has 1 fully saturated rings. The van der Waals surface area contributed by atoms with Gasteiger partial charge in [-0.3, -0.25) is 4.79 Å². The summed E-state index contributed by atoms with van der Waals surface area (Å²) in [5, 5.41) is 2.73. The Labute approximate surface area is 217 Å². The van der Waals surface area contributed by atoms with Gasteiger partial charge in [0.05, 0.1) is 24.5 Å². The highest BCUT2D eigenvalue weighted by atomic mass is 19.1. The van der Waals surface area contributed by atoms with Gasteiger partial charge < -0.3 is 29.3 Å². The summed E-state index contributed by atoms with van der Waals surface area (Å²) < 4.78 is 31.3. The molecule has 1 aliphatic heterocycles. The molecule has 3 rings (SSSR count). The Morgan fingerprint density at radius 3 is 2.73 bits per heavy atom. The van der Waals surface area contributed by atoms with Gasteiger partial charge in [-0.2, -0.15) is 0 Å². The highest BCUT2D eigenvalue weighted by Crippen LogP contribution is 2.33. The molecule has 0 bridgehead atoms. The molecular formula is C26H36FN5O5. The zero-order valence-corrected chi connectivity index (χ0v) is 22.3. The van der Waals surface area contributed by atoms with Crippen LogP contribution in [0, 0.1) is 5.82 Å². The lowest BCUT2D eigenvalue weighted by atomic mass is 10.1. The number of aromatic nitrogens is 2. The standard InChI is InChI=1S/C26H36FN5O5/c1-7-32(17(2)3)24(33)20-12-18(27)8-9-21(20)36-22-14-28-16-30-23(22)31-10-11-35-19(15-31)13-29-25(34)37-26(4,5)6/h8-9,12,14,16-17,19H,7,10-11,13,15H2,1-6H3,(H,29,34). The molecule has 0 aliphatic carbocycles. The van der Waals surface area contributed by atoms with Gasteiger partial charge in [-0.15, -0.1) is 0 Å². The average Bonchev–Trinajstić information content (AvgIpc) is 2.83. The van der Waals surface area contributed by atoms with E-state index in [4.69, 9.17) is 14.2 Å². The van der Waals surface area contributed by atoms with E-state index in [1.165, 1.54) is 30.7 Å². The number of carbonyl (C=O) groups is 2. The second-order valence-electron chi connectivity index (χ2n) is 9.96. The first-order valence-corrected chi connectivity index (χ1v) is 12.4. The first-order chi connectivity index (χ1) is 17.5. The lowest BCUT2D eigenvalue weighted by Crippen LogP contribution is -2.48. The van der Waals surface area contributed by atoms with Crippen molar-refractivity contribution < 1.29 is 28.2 Å². The summed E-state index contributed by atoms with van der Waals surface area (Å²) in [6.45, 7) is 13.1. The molecule has 2 amide bonds. The molecule has 0 spiro atoms. The minimum atomic E-state index is -0.597. The number of nitrogens with one attached hydrogen (secondary N) is 1. The van der Waals surface area contributed by atoms with Gasteiger partial charge in [0.25, 0.3) is 5.91 Å². The average molecular weight is 518 g/mol. The Hall–Kier alpha value is -3.47. The van der Waals surface area contributed by atoms with E-state index in [9.17, 15) is 14.0 Å². The zero-order valence-electron chi connectivity index (χ0n) is 22.3. The van der Waals surface area contributed by atoms with Crippen molar-refractivity contribution in [3.05, 3.63) is 42.1 Å². The molecule has 1 N–H and O–H groups in total. The molecule has 1 atom stereocenters. The summed E-state index contributed by atoms with van der Waals surface area (Å²) in [5.41, 5.74) is -0.479. The maximum atomic E-state index is 14.1. The summed E-state index contributed by atoms with van der Waals surface area (Å²) >= 11 is 0. The molecule has 10 nitrogen and oxygen atoms in total. The van der Waals surface area contributed by atoms with Gasteiger partial charge in [0.15, 0.2) is 11.6 Å². The fourth-order valence-corrected chi connectivity index (χ4v) is 3.94. The number of nitrogens with zero attached hydrogens (tertiary/aromatic N) is 4. The Bertz CT molecular complexity index is 1090. The normalized spacial score (nSPS) is 15.9. The number of alkyl carbamates (subject to hydrolysis) is 1. The third-order valence-corrected chi connectivity index (χ3v) is 5.59. The number of anilines is 1. The molecule has 1 aromatic heterocycles. The number of rotatable bonds is 8. The molecule has 202 valence electrons. The molecule has 2 aromatic rings. The first-order valence-electron chi connectivity index (χ1n) is 12.4. The van der Waals surface area contributed by atoms with E-state index in [1.54, 1.807) is 25.7 Å². The van der Waals surface area contributed by atoms with Crippen molar-refractivity contribution in [3.8, 4) is 11.5 Å². The van der Waals surface area contributed by atoms with Crippen LogP contribution in [0.3, 0.4) is 0 Å². The smallest absolute Gasteiger partial charge is 0.407 e. The topological polar surface area (TPSA) is 106 Å². The van der Waals surface area contributed by atoms with Crippen LogP contribution >= 0.6 is 0 Å². The number of hydrogen-bond donors (Lipinski definition) is 1. The van der Waals surface area contributed by atoms with Gasteiger partial charge in [0.1, 0.15) is 23.5 Å². The van der Waals surface area contributed by atoms with Crippen molar-refractivity contribution in [2.45, 2.75) is 59.3 Å². The second kappa shape index (κ2) is 12.2. The molecular weight excluding hydrogens is 481 g/mol. The van der Waals surface area contributed by atoms with E-state index in [1.807, 2.05) is 25.7 Å². The predicted molar refractivity (Wildman–Crippen MR) is 137 cm³/mol. The number of hydrogen-bond acceptors (Lipinski definition) is 8. The number of ether oxygens (including phenoxy) is 3. The van der Waals surface area contributed by atoms with Crippen LogP contribution in [0.25, 0.3) is 0 Å². The summed E-state index contributed by atoms with van der Waals surface area (Å²) in [4.78, 5) is 37.3. The third-order valence-electron chi connectivity index (χ3n) is 5.59. The van der Waals surface area contributed by atoms with Crippen molar-refractivity contribution in [3.63, 3.8) is 0 Å². The quantitative estimate of drug-likeness (QED) is 0.560. The third kappa shape index (κ3) is 7.75. The molecule has 1 saturated heterocycles. The van der Waals surface area contributed by atoms with Gasteiger partial charge in [0.2, 0.25) is 0 Å². The molecule has 1 aliphatic rings. The molecule has 0 radical (unpaired) electrons. The van der Waals surface area contributed by atoms with Crippen molar-refractivity contribution in [2.75, 3.05) is 37.7 Å². The van der Waals surface area contributed by atoms with Gasteiger partial charge in [-0.25, -0.2) is 19.2 Å². The van der Waals surface area contributed by atoms with E-state index >= 15 is 0 Å². The maximum absolute atomic E-state index is 14.1. The Kier molecular flexibility index (Phi) is 9.25. The van der Waals surface area contributed by atoms with Gasteiger partial charge in [-0.05, 0) is 59.7 Å². The number of carbonyl (C=O) groups excluding carboxylic acids is 2. The number of morpholine rings is 1. The van der Waals surface area contributed by atoms with E-state index in [0.717, 1.165) is 0 Å². The predicted octanol–water partition coefficient (Wildman–Crippen LogP) is 4.01. The van der Waals surface area contributed by atoms with Gasteiger partial charge in [-0.1, -0.05) is 0 Å². The maximum Gasteiger partial charge on any atom is 0.407 e. The molecule has 1 unspecified atom stereocenters. The van der Waals surface area contributed by atoms with Crippen molar-refractivity contribution in [1.82, 2.24) is 20.2 Å². The minimum Gasteiger partial charge on any atom is -0.451 e. The van der Waals surface area contributed by atoms with Crippen LogP contribution in [-0.2, 0) is 9.47 Å². The summed E-state index contributed by atoms with van der Waals surface area (Å²) in [7, 11) is 0. The Balaban J connectivity index is 1.78. The van der Waals surface area contributed by atoms with Crippen LogP contribution in [0.1, 0.15) is 51.9 Å². The van der Waals surface area contributed by atoms with Crippen molar-refractivity contribution in [1.29, 1.82) is 0 Å². The molecule has 1 aromatic carbocycles. The Morgan fingerprint density at radius 2 is 2.05 bits per heavy atom. The van der Waals surface area contributed by atoms with Crippen molar-refractivity contribution >= 4 is 17.8 Å². The van der Waals surface area contributed by atoms with E-state index in [2.05, 4.69) is 15.3 Å². The number of halogens is 1. The van der Waals surface area contributed by atoms with Gasteiger partial charge >= 0.3 is 6.09 Å². The molecule has 37 heavy (non-hydrogen) atoms. The first kappa shape index (κ1) is 28.1. The monoisotopic (exact) mass is 517 g/mol. The summed E-state index contributed by atoms with van der Waals surface area (Å²) in [6.07, 6.45) is 2.08. The minimum absolute atomic E-state index is 0.0659. The lowest BCUT2D eigenvalue weighted by molar-refractivity contribution is 0.0280. The van der Waals surface area contributed by atoms with Crippen LogP contribution in [0.5, 0.6) is 11.5 Å². The van der Waals surface area contributed by atoms with Crippen LogP contribution in [0.15, 0.2) is 30.7 Å². The fourth-order valence-electron chi connectivity index (χ4n) is 3.94. The van der Waals surface area contributed by atoms with Crippen molar-refractivity contribution in [2.24, 2.45) is 0 Å². The molecule has 11 heteroatoms. The van der Waals surface area contributed by atoms with Crippen LogP contribution in [0.4, 0.5) is 15.0 Å². The van der Waals surface area contributed by atoms with Crippen LogP contribution < -0.4 is 15.0 Å². The highest BCUT2D eigenvalue weighted by Gasteiger charge is 2.27. The van der Waals surface area contributed by atoms with Gasteiger partial charge in [0, 0.05) is 32.2 Å². The molecule has 2 heterocycles. The number of amides is 2. The van der Waals surface area contributed by atoms with E-state index in [0.29, 0.717) is 37.8 Å². The molecule has 0 saturated carbocycles. The van der Waals surface area contributed by atoms with Crippen LogP contribution in [-0.4, -0.2) is 77.4 Å². The van der Waals surface area contributed by atoms with E-state index in [-0.39, 0.29) is 35.9 Å². The largest absolute Gasteiger partial charge is 0.451 e.